The molecule has 6 nitrogen and oxygen atoms in total. The molecule has 0 saturated heterocycles. The fraction of sp³-hybridized carbons (Fsp3) is 0.300. The number of methoxy groups -OCH3 is 2. The fourth-order valence-corrected chi connectivity index (χ4v) is 2.46. The number of amides is 1. The van der Waals surface area contributed by atoms with Crippen molar-refractivity contribution in [2.75, 3.05) is 19.5 Å². The van der Waals surface area contributed by atoms with E-state index in [2.05, 4.69) is 5.32 Å². The van der Waals surface area contributed by atoms with E-state index in [0.717, 1.165) is 0 Å². The first kappa shape index (κ1) is 19.3. The summed E-state index contributed by atoms with van der Waals surface area (Å²) in [7, 11) is 2.91. The summed E-state index contributed by atoms with van der Waals surface area (Å²) < 4.78 is 15.6. The molecule has 1 atom stereocenters. The number of carbonyl (C=O) groups excluding carboxylic acids is 2. The Kier molecular flexibility index (Phi) is 6.60. The Morgan fingerprint density at radius 3 is 2.27 bits per heavy atom. The Morgan fingerprint density at radius 2 is 1.69 bits per heavy atom. The Balaban J connectivity index is 2.12. The van der Waals surface area contributed by atoms with Crippen molar-refractivity contribution >= 4 is 17.6 Å². The van der Waals surface area contributed by atoms with Gasteiger partial charge in [-0.3, -0.25) is 4.79 Å². The minimum absolute atomic E-state index is 0.284. The minimum Gasteiger partial charge on any atom is -0.497 e. The lowest BCUT2D eigenvalue weighted by molar-refractivity contribution is -0.122. The van der Waals surface area contributed by atoms with Gasteiger partial charge in [-0.1, -0.05) is 13.0 Å². The molecule has 1 amide bonds. The van der Waals surface area contributed by atoms with Crippen LogP contribution in [-0.2, 0) is 9.53 Å². The summed E-state index contributed by atoms with van der Waals surface area (Å²) in [5.41, 5.74) is 1.61. The van der Waals surface area contributed by atoms with Gasteiger partial charge in [0.15, 0.2) is 6.10 Å². The van der Waals surface area contributed by atoms with E-state index in [-0.39, 0.29) is 5.91 Å². The predicted octanol–water partition coefficient (Wildman–Crippen LogP) is 3.59. The van der Waals surface area contributed by atoms with E-state index in [9.17, 15) is 9.59 Å². The molecule has 138 valence electrons. The molecule has 0 fully saturated rings. The first-order chi connectivity index (χ1) is 12.5. The van der Waals surface area contributed by atoms with Crippen LogP contribution in [0, 0.1) is 6.92 Å². The SMILES string of the molecule is CC[C@@H](Oc1ccc(OC)cc1)C(=O)Nc1cccc(C(=O)OC)c1C. The van der Waals surface area contributed by atoms with Crippen LogP contribution in [-0.4, -0.2) is 32.2 Å². The van der Waals surface area contributed by atoms with Crippen molar-refractivity contribution in [1.29, 1.82) is 0 Å². The second kappa shape index (κ2) is 8.89. The van der Waals surface area contributed by atoms with Crippen molar-refractivity contribution in [3.63, 3.8) is 0 Å². The predicted molar refractivity (Wildman–Crippen MR) is 98.8 cm³/mol. The maximum atomic E-state index is 12.6. The van der Waals surface area contributed by atoms with Crippen LogP contribution in [0.3, 0.4) is 0 Å². The molecule has 6 heteroatoms. The number of carbonyl (C=O) groups is 2. The topological polar surface area (TPSA) is 73.9 Å². The van der Waals surface area contributed by atoms with Crippen molar-refractivity contribution < 1.29 is 23.8 Å². The van der Waals surface area contributed by atoms with Crippen molar-refractivity contribution in [2.45, 2.75) is 26.4 Å². The number of rotatable bonds is 7. The normalized spacial score (nSPS) is 11.4. The highest BCUT2D eigenvalue weighted by molar-refractivity contribution is 5.98. The van der Waals surface area contributed by atoms with Gasteiger partial charge in [-0.05, 0) is 55.3 Å². The molecule has 0 spiro atoms. The molecular formula is C20H23NO5. The summed E-state index contributed by atoms with van der Waals surface area (Å²) in [5.74, 6) is 0.562. The lowest BCUT2D eigenvalue weighted by Gasteiger charge is -2.19. The molecule has 0 aliphatic rings. The molecule has 1 N–H and O–H groups in total. The molecule has 0 aliphatic heterocycles. The monoisotopic (exact) mass is 357 g/mol. The van der Waals surface area contributed by atoms with E-state index >= 15 is 0 Å². The zero-order valence-electron chi connectivity index (χ0n) is 15.4. The van der Waals surface area contributed by atoms with Crippen LogP contribution in [0.2, 0.25) is 0 Å². The number of esters is 1. The number of hydrogen-bond acceptors (Lipinski definition) is 5. The Morgan fingerprint density at radius 1 is 1.04 bits per heavy atom. The van der Waals surface area contributed by atoms with Gasteiger partial charge in [0, 0.05) is 5.69 Å². The highest BCUT2D eigenvalue weighted by atomic mass is 16.5. The van der Waals surface area contributed by atoms with Gasteiger partial charge in [-0.15, -0.1) is 0 Å². The molecular weight excluding hydrogens is 334 g/mol. The number of anilines is 1. The molecule has 2 aromatic carbocycles. The molecule has 0 heterocycles. The molecule has 0 aromatic heterocycles. The number of benzene rings is 2. The molecule has 0 unspecified atom stereocenters. The third-order valence-corrected chi connectivity index (χ3v) is 4.00. The first-order valence-corrected chi connectivity index (χ1v) is 8.29. The summed E-state index contributed by atoms with van der Waals surface area (Å²) >= 11 is 0. The zero-order valence-corrected chi connectivity index (χ0v) is 15.4. The average Bonchev–Trinajstić information content (AvgIpc) is 2.67. The van der Waals surface area contributed by atoms with Crippen LogP contribution in [0.5, 0.6) is 11.5 Å². The summed E-state index contributed by atoms with van der Waals surface area (Å²) in [6.45, 7) is 3.62. The molecule has 0 bridgehead atoms. The molecule has 26 heavy (non-hydrogen) atoms. The molecule has 2 aromatic rings. The summed E-state index contributed by atoms with van der Waals surface area (Å²) in [4.78, 5) is 24.4. The molecule has 0 saturated carbocycles. The smallest absolute Gasteiger partial charge is 0.338 e. The van der Waals surface area contributed by atoms with Gasteiger partial charge in [-0.25, -0.2) is 4.79 Å². The van der Waals surface area contributed by atoms with E-state index in [1.165, 1.54) is 7.11 Å². The van der Waals surface area contributed by atoms with Gasteiger partial charge in [0.05, 0.1) is 19.8 Å². The average molecular weight is 357 g/mol. The lowest BCUT2D eigenvalue weighted by Crippen LogP contribution is -2.32. The van der Waals surface area contributed by atoms with Gasteiger partial charge in [0.25, 0.3) is 5.91 Å². The van der Waals surface area contributed by atoms with E-state index in [1.807, 2.05) is 6.92 Å². The van der Waals surface area contributed by atoms with Gasteiger partial charge in [-0.2, -0.15) is 0 Å². The Bertz CT molecular complexity index is 770. The largest absolute Gasteiger partial charge is 0.497 e. The van der Waals surface area contributed by atoms with Gasteiger partial charge in [0.1, 0.15) is 11.5 Å². The fourth-order valence-electron chi connectivity index (χ4n) is 2.46. The second-order valence-electron chi connectivity index (χ2n) is 5.65. The maximum Gasteiger partial charge on any atom is 0.338 e. The van der Waals surface area contributed by atoms with Crippen molar-refractivity contribution in [1.82, 2.24) is 0 Å². The quantitative estimate of drug-likeness (QED) is 0.767. The lowest BCUT2D eigenvalue weighted by atomic mass is 10.1. The summed E-state index contributed by atoms with van der Waals surface area (Å²) in [6.07, 6.45) is -0.169. The Labute approximate surface area is 153 Å². The van der Waals surface area contributed by atoms with Crippen molar-refractivity contribution in [3.05, 3.63) is 53.6 Å². The van der Waals surface area contributed by atoms with Gasteiger partial charge >= 0.3 is 5.97 Å². The van der Waals surface area contributed by atoms with E-state index < -0.39 is 12.1 Å². The molecule has 2 rings (SSSR count). The number of ether oxygens (including phenoxy) is 3. The van der Waals surface area contributed by atoms with E-state index in [4.69, 9.17) is 14.2 Å². The van der Waals surface area contributed by atoms with Crippen LogP contribution in [0.25, 0.3) is 0 Å². The summed E-state index contributed by atoms with van der Waals surface area (Å²) in [6, 6.07) is 12.1. The van der Waals surface area contributed by atoms with Crippen LogP contribution in [0.4, 0.5) is 5.69 Å². The van der Waals surface area contributed by atoms with Crippen LogP contribution >= 0.6 is 0 Å². The van der Waals surface area contributed by atoms with Crippen molar-refractivity contribution in [3.8, 4) is 11.5 Å². The highest BCUT2D eigenvalue weighted by Gasteiger charge is 2.20. The Hall–Kier alpha value is -3.02. The summed E-state index contributed by atoms with van der Waals surface area (Å²) in [5, 5.41) is 2.83. The van der Waals surface area contributed by atoms with Crippen molar-refractivity contribution in [2.24, 2.45) is 0 Å². The van der Waals surface area contributed by atoms with Crippen LogP contribution < -0.4 is 14.8 Å². The van der Waals surface area contributed by atoms with Crippen LogP contribution in [0.1, 0.15) is 29.3 Å². The highest BCUT2D eigenvalue weighted by Crippen LogP contribution is 2.22. The van der Waals surface area contributed by atoms with E-state index in [0.29, 0.717) is 34.7 Å². The molecule has 0 radical (unpaired) electrons. The third-order valence-electron chi connectivity index (χ3n) is 4.00. The van der Waals surface area contributed by atoms with E-state index in [1.54, 1.807) is 56.5 Å². The first-order valence-electron chi connectivity index (χ1n) is 8.29. The number of hydrogen-bond donors (Lipinski definition) is 1. The van der Waals surface area contributed by atoms with Gasteiger partial charge < -0.3 is 19.5 Å². The standard InChI is InChI=1S/C20H23NO5/c1-5-18(26-15-11-9-14(24-3)10-12-15)19(22)21-17-8-6-7-16(13(17)2)20(23)25-4/h6-12,18H,5H2,1-4H3,(H,21,22)/t18-/m1/s1. The molecule has 0 aliphatic carbocycles. The maximum absolute atomic E-state index is 12.6. The second-order valence-corrected chi connectivity index (χ2v) is 5.65. The number of nitrogens with one attached hydrogen (secondary N) is 1. The minimum atomic E-state index is -0.662. The zero-order chi connectivity index (χ0) is 19.1. The van der Waals surface area contributed by atoms with Crippen LogP contribution in [0.15, 0.2) is 42.5 Å². The van der Waals surface area contributed by atoms with Gasteiger partial charge in [0.2, 0.25) is 0 Å². The third kappa shape index (κ3) is 4.53.